The molecule has 0 radical (unpaired) electrons. The SMILES string of the molecule is COC(=O)c1ccc(F)cc1S(=O)(=O)NC1CC1(C)C. The van der Waals surface area contributed by atoms with E-state index in [-0.39, 0.29) is 17.0 Å². The summed E-state index contributed by atoms with van der Waals surface area (Å²) in [6.45, 7) is 3.85. The molecule has 0 spiro atoms. The van der Waals surface area contributed by atoms with Crippen LogP contribution >= 0.6 is 0 Å². The highest BCUT2D eigenvalue weighted by atomic mass is 32.2. The Bertz CT molecular complexity index is 654. The highest BCUT2D eigenvalue weighted by molar-refractivity contribution is 7.89. The first-order chi connectivity index (χ1) is 9.17. The third kappa shape index (κ3) is 2.83. The molecule has 1 fully saturated rings. The third-order valence-corrected chi connectivity index (χ3v) is 4.96. The van der Waals surface area contributed by atoms with Crippen molar-refractivity contribution in [1.82, 2.24) is 4.72 Å². The van der Waals surface area contributed by atoms with Crippen molar-refractivity contribution in [2.75, 3.05) is 7.11 Å². The van der Waals surface area contributed by atoms with E-state index >= 15 is 0 Å². The van der Waals surface area contributed by atoms with Gasteiger partial charge in [0.05, 0.1) is 17.6 Å². The van der Waals surface area contributed by atoms with Crippen molar-refractivity contribution in [3.63, 3.8) is 0 Å². The van der Waals surface area contributed by atoms with Crippen LogP contribution in [0.4, 0.5) is 4.39 Å². The van der Waals surface area contributed by atoms with Gasteiger partial charge in [-0.05, 0) is 30.0 Å². The summed E-state index contributed by atoms with van der Waals surface area (Å²) in [6.07, 6.45) is 0.703. The maximum Gasteiger partial charge on any atom is 0.339 e. The molecule has 1 aliphatic carbocycles. The number of hydrogen-bond donors (Lipinski definition) is 1. The monoisotopic (exact) mass is 301 g/mol. The van der Waals surface area contributed by atoms with E-state index in [9.17, 15) is 17.6 Å². The molecule has 7 heteroatoms. The summed E-state index contributed by atoms with van der Waals surface area (Å²) in [6, 6.07) is 2.74. The zero-order chi connectivity index (χ0) is 15.1. The number of rotatable bonds is 4. The summed E-state index contributed by atoms with van der Waals surface area (Å²) in [4.78, 5) is 11.2. The van der Waals surface area contributed by atoms with Gasteiger partial charge in [-0.25, -0.2) is 22.3 Å². The summed E-state index contributed by atoms with van der Waals surface area (Å²) in [5.41, 5.74) is -0.300. The van der Waals surface area contributed by atoms with Crippen molar-refractivity contribution in [3.05, 3.63) is 29.6 Å². The minimum atomic E-state index is -3.97. The summed E-state index contributed by atoms with van der Waals surface area (Å²) < 4.78 is 44.9. The van der Waals surface area contributed by atoms with E-state index in [0.29, 0.717) is 6.42 Å². The Labute approximate surface area is 117 Å². The van der Waals surface area contributed by atoms with Gasteiger partial charge in [0.2, 0.25) is 10.0 Å². The molecule has 0 bridgehead atoms. The number of carbonyl (C=O) groups excluding carboxylic acids is 1. The molecular weight excluding hydrogens is 285 g/mol. The Hall–Kier alpha value is -1.47. The van der Waals surface area contributed by atoms with E-state index in [4.69, 9.17) is 0 Å². The van der Waals surface area contributed by atoms with Gasteiger partial charge in [-0.2, -0.15) is 0 Å². The lowest BCUT2D eigenvalue weighted by atomic mass is 10.2. The number of sulfonamides is 1. The Morgan fingerprint density at radius 1 is 1.45 bits per heavy atom. The number of ether oxygens (including phenoxy) is 1. The molecule has 0 heterocycles. The van der Waals surface area contributed by atoms with Gasteiger partial charge in [0.1, 0.15) is 5.82 Å². The molecule has 110 valence electrons. The Morgan fingerprint density at radius 3 is 2.55 bits per heavy atom. The summed E-state index contributed by atoms with van der Waals surface area (Å²) in [5, 5.41) is 0. The van der Waals surface area contributed by atoms with Crippen LogP contribution in [0.25, 0.3) is 0 Å². The summed E-state index contributed by atoms with van der Waals surface area (Å²) >= 11 is 0. The van der Waals surface area contributed by atoms with Gasteiger partial charge in [0, 0.05) is 6.04 Å². The maximum absolute atomic E-state index is 13.3. The van der Waals surface area contributed by atoms with Gasteiger partial charge in [-0.1, -0.05) is 13.8 Å². The van der Waals surface area contributed by atoms with Gasteiger partial charge in [0.15, 0.2) is 0 Å². The lowest BCUT2D eigenvalue weighted by molar-refractivity contribution is 0.0596. The summed E-state index contributed by atoms with van der Waals surface area (Å²) in [7, 11) is -2.83. The Balaban J connectivity index is 2.40. The second-order valence-corrected chi connectivity index (χ2v) is 7.18. The zero-order valence-electron chi connectivity index (χ0n) is 11.4. The normalized spacial score (nSPS) is 20.5. The molecule has 0 amide bonds. The topological polar surface area (TPSA) is 72.5 Å². The Morgan fingerprint density at radius 2 is 2.05 bits per heavy atom. The van der Waals surface area contributed by atoms with Crippen molar-refractivity contribution in [2.24, 2.45) is 5.41 Å². The predicted octanol–water partition coefficient (Wildman–Crippen LogP) is 1.69. The molecular formula is C13H16FNO4S. The van der Waals surface area contributed by atoms with Gasteiger partial charge in [-0.3, -0.25) is 0 Å². The van der Waals surface area contributed by atoms with Crippen LogP contribution in [0.1, 0.15) is 30.6 Å². The van der Waals surface area contributed by atoms with E-state index in [2.05, 4.69) is 9.46 Å². The lowest BCUT2D eigenvalue weighted by Gasteiger charge is -2.11. The van der Waals surface area contributed by atoms with Crippen molar-refractivity contribution in [3.8, 4) is 0 Å². The summed E-state index contributed by atoms with van der Waals surface area (Å²) in [5.74, 6) is -1.55. The molecule has 1 aromatic carbocycles. The van der Waals surface area contributed by atoms with Crippen molar-refractivity contribution >= 4 is 16.0 Å². The van der Waals surface area contributed by atoms with Gasteiger partial charge >= 0.3 is 5.97 Å². The highest BCUT2D eigenvalue weighted by Crippen LogP contribution is 2.45. The molecule has 0 aliphatic heterocycles. The van der Waals surface area contributed by atoms with Crippen LogP contribution in [-0.2, 0) is 14.8 Å². The average Bonchev–Trinajstić information content (AvgIpc) is 2.94. The van der Waals surface area contributed by atoms with E-state index in [1.165, 1.54) is 0 Å². The molecule has 1 saturated carbocycles. The molecule has 1 atom stereocenters. The zero-order valence-corrected chi connectivity index (χ0v) is 12.3. The first-order valence-electron chi connectivity index (χ1n) is 6.07. The highest BCUT2D eigenvalue weighted by Gasteiger charge is 2.48. The maximum atomic E-state index is 13.3. The van der Waals surface area contributed by atoms with Crippen LogP contribution in [0, 0.1) is 11.2 Å². The smallest absolute Gasteiger partial charge is 0.339 e. The number of hydrogen-bond acceptors (Lipinski definition) is 4. The third-order valence-electron chi connectivity index (χ3n) is 3.45. The molecule has 1 aromatic rings. The number of carbonyl (C=O) groups is 1. The standard InChI is InChI=1S/C13H16FNO4S/c1-13(2)7-11(13)15-20(17,18)10-6-8(14)4-5-9(10)12(16)19-3/h4-6,11,15H,7H2,1-3H3. The van der Waals surface area contributed by atoms with Crippen LogP contribution < -0.4 is 4.72 Å². The fourth-order valence-electron chi connectivity index (χ4n) is 1.92. The molecule has 0 aromatic heterocycles. The average molecular weight is 301 g/mol. The predicted molar refractivity (Wildman–Crippen MR) is 70.2 cm³/mol. The molecule has 0 saturated heterocycles. The van der Waals surface area contributed by atoms with Gasteiger partial charge < -0.3 is 4.74 Å². The van der Waals surface area contributed by atoms with Gasteiger partial charge in [-0.15, -0.1) is 0 Å². The fourth-order valence-corrected chi connectivity index (χ4v) is 3.53. The fraction of sp³-hybridized carbons (Fsp3) is 0.462. The molecule has 20 heavy (non-hydrogen) atoms. The second-order valence-electron chi connectivity index (χ2n) is 5.50. The minimum Gasteiger partial charge on any atom is -0.465 e. The molecule has 1 unspecified atom stereocenters. The van der Waals surface area contributed by atoms with E-state index in [1.807, 2.05) is 13.8 Å². The van der Waals surface area contributed by atoms with Crippen LogP contribution in [0.5, 0.6) is 0 Å². The first-order valence-corrected chi connectivity index (χ1v) is 7.56. The largest absolute Gasteiger partial charge is 0.465 e. The van der Waals surface area contributed by atoms with E-state index in [0.717, 1.165) is 25.3 Å². The number of methoxy groups -OCH3 is 1. The van der Waals surface area contributed by atoms with Gasteiger partial charge in [0.25, 0.3) is 0 Å². The molecule has 1 aliphatic rings. The first kappa shape index (κ1) is 14.9. The van der Waals surface area contributed by atoms with Crippen LogP contribution in [-0.4, -0.2) is 27.5 Å². The quantitative estimate of drug-likeness (QED) is 0.859. The van der Waals surface area contributed by atoms with Crippen molar-refractivity contribution in [2.45, 2.75) is 31.2 Å². The number of esters is 1. The van der Waals surface area contributed by atoms with Crippen molar-refractivity contribution < 1.29 is 22.3 Å². The minimum absolute atomic E-state index is 0.119. The number of nitrogens with one attached hydrogen (secondary N) is 1. The van der Waals surface area contributed by atoms with Crippen LogP contribution in [0.2, 0.25) is 0 Å². The second kappa shape index (κ2) is 4.82. The Kier molecular flexibility index (Phi) is 3.60. The molecule has 5 nitrogen and oxygen atoms in total. The molecule has 2 rings (SSSR count). The lowest BCUT2D eigenvalue weighted by Crippen LogP contribution is -2.30. The number of halogens is 1. The van der Waals surface area contributed by atoms with E-state index in [1.54, 1.807) is 0 Å². The number of benzene rings is 1. The molecule has 1 N–H and O–H groups in total. The van der Waals surface area contributed by atoms with Crippen molar-refractivity contribution in [1.29, 1.82) is 0 Å². The van der Waals surface area contributed by atoms with Crippen LogP contribution in [0.3, 0.4) is 0 Å². The van der Waals surface area contributed by atoms with Crippen LogP contribution in [0.15, 0.2) is 23.1 Å². The van der Waals surface area contributed by atoms with E-state index < -0.39 is 26.7 Å².